The molecule has 2 aromatic rings. The van der Waals surface area contributed by atoms with E-state index in [-0.39, 0.29) is 22.6 Å². The molecule has 29 heavy (non-hydrogen) atoms. The van der Waals surface area contributed by atoms with E-state index in [1.165, 1.54) is 25.7 Å². The number of ether oxygens (including phenoxy) is 1. The van der Waals surface area contributed by atoms with Crippen LogP contribution in [0.4, 0.5) is 5.69 Å². The zero-order chi connectivity index (χ0) is 21.0. The Labute approximate surface area is 180 Å². The van der Waals surface area contributed by atoms with Crippen LogP contribution in [0.5, 0.6) is 5.75 Å². The third-order valence-corrected chi connectivity index (χ3v) is 7.17. The number of anilines is 1. The fourth-order valence-electron chi connectivity index (χ4n) is 3.54. The first kappa shape index (κ1) is 21.6. The van der Waals surface area contributed by atoms with Crippen molar-refractivity contribution in [2.24, 2.45) is 5.92 Å². The van der Waals surface area contributed by atoms with Crippen molar-refractivity contribution in [2.75, 3.05) is 11.8 Å². The Morgan fingerprint density at radius 2 is 1.79 bits per heavy atom. The lowest BCUT2D eigenvalue weighted by Gasteiger charge is -2.29. The highest BCUT2D eigenvalue weighted by Gasteiger charge is 2.25. The minimum Gasteiger partial charge on any atom is -0.495 e. The molecule has 1 aliphatic carbocycles. The van der Waals surface area contributed by atoms with Crippen molar-refractivity contribution >= 4 is 37.5 Å². The van der Waals surface area contributed by atoms with Crippen LogP contribution in [0.15, 0.2) is 51.8 Å². The molecule has 156 valence electrons. The first-order valence-electron chi connectivity index (χ1n) is 9.57. The molecule has 0 heterocycles. The largest absolute Gasteiger partial charge is 0.495 e. The summed E-state index contributed by atoms with van der Waals surface area (Å²) in [5, 5.41) is 3.06. The molecule has 6 nitrogen and oxygen atoms in total. The summed E-state index contributed by atoms with van der Waals surface area (Å²) in [6, 6.07) is 11.3. The fraction of sp³-hybridized carbons (Fsp3) is 0.381. The van der Waals surface area contributed by atoms with Gasteiger partial charge in [-0.3, -0.25) is 9.52 Å². The number of methoxy groups -OCH3 is 1. The highest BCUT2D eigenvalue weighted by atomic mass is 79.9. The average molecular weight is 481 g/mol. The minimum atomic E-state index is -3.94. The molecule has 1 aliphatic rings. The molecule has 0 radical (unpaired) electrons. The number of carbonyl (C=O) groups excluding carboxylic acids is 1. The molecule has 0 aliphatic heterocycles. The molecule has 0 aromatic heterocycles. The zero-order valence-corrected chi connectivity index (χ0v) is 18.8. The van der Waals surface area contributed by atoms with Crippen LogP contribution in [0.2, 0.25) is 0 Å². The molecule has 0 bridgehead atoms. The van der Waals surface area contributed by atoms with Gasteiger partial charge in [0.15, 0.2) is 0 Å². The van der Waals surface area contributed by atoms with Crippen molar-refractivity contribution in [3.05, 3.63) is 52.5 Å². The molecule has 3 rings (SSSR count). The Bertz CT molecular complexity index is 977. The van der Waals surface area contributed by atoms with Crippen LogP contribution in [0.1, 0.15) is 43.0 Å². The summed E-state index contributed by atoms with van der Waals surface area (Å²) in [5.74, 6) is 0.317. The van der Waals surface area contributed by atoms with Crippen LogP contribution >= 0.6 is 15.9 Å². The Hall–Kier alpha value is -2.06. The number of rotatable bonds is 6. The number of halogens is 1. The second kappa shape index (κ2) is 9.17. The number of amides is 1. The van der Waals surface area contributed by atoms with Gasteiger partial charge in [0, 0.05) is 21.8 Å². The van der Waals surface area contributed by atoms with Gasteiger partial charge in [0.1, 0.15) is 10.6 Å². The highest BCUT2D eigenvalue weighted by molar-refractivity contribution is 9.10. The number of benzene rings is 2. The molecule has 2 aromatic carbocycles. The SMILES string of the molecule is COc1ccc(C(=O)NC2CCCCC2C)cc1S(=O)(=O)Nc1ccc(Br)cc1. The molecule has 0 spiro atoms. The van der Waals surface area contributed by atoms with Crippen LogP contribution in [-0.4, -0.2) is 27.5 Å². The molecule has 1 saturated carbocycles. The second-order valence-corrected chi connectivity index (χ2v) is 9.89. The van der Waals surface area contributed by atoms with Gasteiger partial charge in [-0.25, -0.2) is 8.42 Å². The van der Waals surface area contributed by atoms with E-state index in [4.69, 9.17) is 4.74 Å². The first-order chi connectivity index (χ1) is 13.8. The van der Waals surface area contributed by atoms with E-state index in [0.717, 1.165) is 23.7 Å². The summed E-state index contributed by atoms with van der Waals surface area (Å²) >= 11 is 3.32. The van der Waals surface area contributed by atoms with Crippen molar-refractivity contribution < 1.29 is 17.9 Å². The van der Waals surface area contributed by atoms with Crippen LogP contribution < -0.4 is 14.8 Å². The monoisotopic (exact) mass is 480 g/mol. The maximum atomic E-state index is 12.9. The number of nitrogens with one attached hydrogen (secondary N) is 2. The summed E-state index contributed by atoms with van der Waals surface area (Å²) in [6.45, 7) is 2.14. The normalized spacial score (nSPS) is 19.4. The van der Waals surface area contributed by atoms with Gasteiger partial charge < -0.3 is 10.1 Å². The topological polar surface area (TPSA) is 84.5 Å². The summed E-state index contributed by atoms with van der Waals surface area (Å²) < 4.78 is 34.5. The predicted octanol–water partition coefficient (Wildman–Crippen LogP) is 4.57. The molecule has 2 unspecified atom stereocenters. The van der Waals surface area contributed by atoms with E-state index in [0.29, 0.717) is 17.2 Å². The molecule has 8 heteroatoms. The van der Waals surface area contributed by atoms with Gasteiger partial charge in [-0.2, -0.15) is 0 Å². The number of hydrogen-bond donors (Lipinski definition) is 2. The summed E-state index contributed by atoms with van der Waals surface area (Å²) in [6.07, 6.45) is 4.30. The van der Waals surface area contributed by atoms with Crippen molar-refractivity contribution in [2.45, 2.75) is 43.5 Å². The third kappa shape index (κ3) is 5.30. The van der Waals surface area contributed by atoms with E-state index in [1.54, 1.807) is 30.3 Å². The van der Waals surface area contributed by atoms with Crippen LogP contribution in [0.25, 0.3) is 0 Å². The Morgan fingerprint density at radius 1 is 1.10 bits per heavy atom. The highest BCUT2D eigenvalue weighted by Crippen LogP contribution is 2.28. The smallest absolute Gasteiger partial charge is 0.265 e. The maximum absolute atomic E-state index is 12.9. The van der Waals surface area contributed by atoms with E-state index < -0.39 is 10.0 Å². The van der Waals surface area contributed by atoms with Crippen LogP contribution in [0, 0.1) is 5.92 Å². The van der Waals surface area contributed by atoms with Crippen LogP contribution in [0.3, 0.4) is 0 Å². The lowest BCUT2D eigenvalue weighted by molar-refractivity contribution is 0.0910. The lowest BCUT2D eigenvalue weighted by atomic mass is 9.86. The van der Waals surface area contributed by atoms with Gasteiger partial charge in [-0.1, -0.05) is 35.7 Å². The first-order valence-corrected chi connectivity index (χ1v) is 11.8. The summed E-state index contributed by atoms with van der Waals surface area (Å²) in [5.41, 5.74) is 0.709. The number of carbonyl (C=O) groups is 1. The lowest BCUT2D eigenvalue weighted by Crippen LogP contribution is -2.41. The summed E-state index contributed by atoms with van der Waals surface area (Å²) in [4.78, 5) is 12.7. The number of sulfonamides is 1. The third-order valence-electron chi connectivity index (χ3n) is 5.24. The van der Waals surface area contributed by atoms with Gasteiger partial charge in [-0.15, -0.1) is 0 Å². The van der Waals surface area contributed by atoms with Gasteiger partial charge in [0.2, 0.25) is 0 Å². The molecule has 2 atom stereocenters. The van der Waals surface area contributed by atoms with E-state index in [1.807, 2.05) is 0 Å². The van der Waals surface area contributed by atoms with Gasteiger partial charge in [0.25, 0.3) is 15.9 Å². The molecular formula is C21H25BrN2O4S. The average Bonchev–Trinajstić information content (AvgIpc) is 2.70. The molecular weight excluding hydrogens is 456 g/mol. The van der Waals surface area contributed by atoms with Crippen LogP contribution in [-0.2, 0) is 10.0 Å². The predicted molar refractivity (Wildman–Crippen MR) is 117 cm³/mol. The Balaban J connectivity index is 1.86. The van der Waals surface area contributed by atoms with E-state index in [2.05, 4.69) is 32.9 Å². The van der Waals surface area contributed by atoms with Gasteiger partial charge in [-0.05, 0) is 61.2 Å². The van der Waals surface area contributed by atoms with Crippen molar-refractivity contribution in [3.63, 3.8) is 0 Å². The zero-order valence-electron chi connectivity index (χ0n) is 16.4. The maximum Gasteiger partial charge on any atom is 0.265 e. The van der Waals surface area contributed by atoms with Gasteiger partial charge in [0.05, 0.1) is 7.11 Å². The molecule has 2 N–H and O–H groups in total. The quantitative estimate of drug-likeness (QED) is 0.633. The van der Waals surface area contributed by atoms with Crippen molar-refractivity contribution in [3.8, 4) is 5.75 Å². The molecule has 1 fully saturated rings. The fourth-order valence-corrected chi connectivity index (χ4v) is 5.06. The van der Waals surface area contributed by atoms with Crippen molar-refractivity contribution in [1.82, 2.24) is 5.32 Å². The second-order valence-electron chi connectivity index (χ2n) is 7.32. The minimum absolute atomic E-state index is 0.0766. The molecule has 0 saturated heterocycles. The van der Waals surface area contributed by atoms with Gasteiger partial charge >= 0.3 is 0 Å². The Morgan fingerprint density at radius 3 is 2.45 bits per heavy atom. The molecule has 1 amide bonds. The number of hydrogen-bond acceptors (Lipinski definition) is 4. The van der Waals surface area contributed by atoms with E-state index in [9.17, 15) is 13.2 Å². The van der Waals surface area contributed by atoms with E-state index >= 15 is 0 Å². The summed E-state index contributed by atoms with van der Waals surface area (Å²) in [7, 11) is -2.54. The van der Waals surface area contributed by atoms with Crippen molar-refractivity contribution in [1.29, 1.82) is 0 Å². The standard InChI is InChI=1S/C21H25BrN2O4S/c1-14-5-3-4-6-18(14)23-21(25)15-7-12-19(28-2)20(13-15)29(26,27)24-17-10-8-16(22)9-11-17/h7-14,18,24H,3-6H2,1-2H3,(H,23,25). The Kier molecular flexibility index (Phi) is 6.85.